The molecular formula is C27H29NO10. The number of aliphatic hydroxyl groups excluding tert-OH is 2. The van der Waals surface area contributed by atoms with Crippen molar-refractivity contribution in [3.05, 3.63) is 51.6 Å². The van der Waals surface area contributed by atoms with Crippen molar-refractivity contribution in [1.29, 1.82) is 0 Å². The minimum absolute atomic E-state index is 0.0324. The van der Waals surface area contributed by atoms with Gasteiger partial charge in [0.2, 0.25) is 5.78 Å². The third-order valence-electron chi connectivity index (χ3n) is 8.08. The second kappa shape index (κ2) is 9.14. The lowest BCUT2D eigenvalue weighted by Gasteiger charge is -2.45. The number of aliphatic hydroxyl groups is 3. The number of phenols is 2. The zero-order valence-corrected chi connectivity index (χ0v) is 20.8. The van der Waals surface area contributed by atoms with Crippen molar-refractivity contribution in [2.75, 3.05) is 13.7 Å². The topological polar surface area (TPSA) is 197 Å². The molecule has 2 aromatic rings. The Balaban J connectivity index is 1.76. The lowest BCUT2D eigenvalue weighted by atomic mass is 9.66. The Morgan fingerprint density at radius 3 is 2.47 bits per heavy atom. The molecule has 0 bridgehead atoms. The normalized spacial score (nSPS) is 30.3. The maximum Gasteiger partial charge on any atom is 0.202 e. The molecule has 0 amide bonds. The summed E-state index contributed by atoms with van der Waals surface area (Å²) >= 11 is 0. The predicted molar refractivity (Wildman–Crippen MR) is 131 cm³/mol. The van der Waals surface area contributed by atoms with Crippen molar-refractivity contribution in [3.8, 4) is 17.2 Å². The molecular weight excluding hydrogens is 498 g/mol. The predicted octanol–water partition coefficient (Wildman–Crippen LogP) is 0.0697. The molecule has 1 fully saturated rings. The van der Waals surface area contributed by atoms with Gasteiger partial charge in [-0.2, -0.15) is 0 Å². The number of Topliss-reactive ketones (excluding diaryl/α,β-unsaturated/α-hetero) is 1. The number of aromatic hydroxyl groups is 2. The van der Waals surface area contributed by atoms with Crippen molar-refractivity contribution >= 4 is 17.3 Å². The molecule has 0 spiro atoms. The highest BCUT2D eigenvalue weighted by atomic mass is 16.5. The molecule has 11 heteroatoms. The number of benzene rings is 2. The van der Waals surface area contributed by atoms with Crippen LogP contribution in [-0.4, -0.2) is 86.6 Å². The Kier molecular flexibility index (Phi) is 6.32. The van der Waals surface area contributed by atoms with Gasteiger partial charge in [-0.1, -0.05) is 12.1 Å². The number of methoxy groups -OCH3 is 1. The van der Waals surface area contributed by atoms with Crippen molar-refractivity contribution in [2.45, 2.75) is 62.1 Å². The number of ether oxygens (including phenoxy) is 2. The van der Waals surface area contributed by atoms with Crippen LogP contribution in [0.5, 0.6) is 17.2 Å². The minimum atomic E-state index is -2.17. The number of nitrogens with two attached hydrogens (primary N) is 1. The number of carbonyl (C=O) groups excluding carboxylic acids is 3. The van der Waals surface area contributed by atoms with Crippen molar-refractivity contribution in [3.63, 3.8) is 0 Å². The SMILES string of the molecule is COc1cccc2c1C(=O)c1c(O)c3c(c(O)c1C2=O)C[C@@](O)(C(=O)CO)C[C@@H]3[C@@H]1C[C@H](N)[C@@H](O)[C@H](C)O1. The first-order valence-corrected chi connectivity index (χ1v) is 12.3. The van der Waals surface area contributed by atoms with Gasteiger partial charge in [0.25, 0.3) is 0 Å². The van der Waals surface area contributed by atoms with Gasteiger partial charge in [-0.3, -0.25) is 14.4 Å². The second-order valence-electron chi connectivity index (χ2n) is 10.3. The van der Waals surface area contributed by atoms with E-state index in [-0.39, 0.29) is 40.8 Å². The fraction of sp³-hybridized carbons (Fsp3) is 0.444. The highest BCUT2D eigenvalue weighted by Crippen LogP contribution is 2.53. The summed E-state index contributed by atoms with van der Waals surface area (Å²) in [6.07, 6.45) is -3.34. The molecule has 0 radical (unpaired) electrons. The first-order valence-electron chi connectivity index (χ1n) is 12.3. The van der Waals surface area contributed by atoms with E-state index in [0.717, 1.165) is 0 Å². The fourth-order valence-corrected chi connectivity index (χ4v) is 6.13. The van der Waals surface area contributed by atoms with Crippen molar-refractivity contribution in [1.82, 2.24) is 0 Å². The molecule has 2 aromatic carbocycles. The first-order chi connectivity index (χ1) is 17.9. The molecule has 202 valence electrons. The van der Waals surface area contributed by atoms with Gasteiger partial charge in [0.05, 0.1) is 42.1 Å². The summed E-state index contributed by atoms with van der Waals surface area (Å²) in [5.74, 6) is -4.50. The van der Waals surface area contributed by atoms with E-state index in [4.69, 9.17) is 15.2 Å². The summed E-state index contributed by atoms with van der Waals surface area (Å²) < 4.78 is 11.2. The second-order valence-corrected chi connectivity index (χ2v) is 10.3. The number of carbonyl (C=O) groups is 3. The van der Waals surface area contributed by atoms with Gasteiger partial charge in [-0.15, -0.1) is 0 Å². The molecule has 1 saturated heterocycles. The van der Waals surface area contributed by atoms with Gasteiger partial charge in [0.15, 0.2) is 11.6 Å². The quantitative estimate of drug-likeness (QED) is 0.251. The summed E-state index contributed by atoms with van der Waals surface area (Å²) in [5, 5.41) is 54.1. The molecule has 0 saturated carbocycles. The maximum absolute atomic E-state index is 13.7. The number of rotatable bonds is 4. The summed E-state index contributed by atoms with van der Waals surface area (Å²) in [4.78, 5) is 39.9. The minimum Gasteiger partial charge on any atom is -0.507 e. The highest BCUT2D eigenvalue weighted by Gasteiger charge is 2.51. The Labute approximate surface area is 217 Å². The number of ketones is 3. The molecule has 1 heterocycles. The van der Waals surface area contributed by atoms with Crippen LogP contribution < -0.4 is 10.5 Å². The Morgan fingerprint density at radius 1 is 1.16 bits per heavy atom. The number of phenolic OH excluding ortho intramolecular Hbond substituents is 2. The van der Waals surface area contributed by atoms with Gasteiger partial charge >= 0.3 is 0 Å². The van der Waals surface area contributed by atoms with E-state index in [2.05, 4.69) is 0 Å². The van der Waals surface area contributed by atoms with Crippen molar-refractivity contribution < 1.29 is 49.4 Å². The summed E-state index contributed by atoms with van der Waals surface area (Å²) in [5.41, 5.74) is 2.93. The molecule has 7 N–H and O–H groups in total. The number of hydrogen-bond donors (Lipinski definition) is 6. The molecule has 2 aliphatic carbocycles. The third kappa shape index (κ3) is 3.65. The fourth-order valence-electron chi connectivity index (χ4n) is 6.13. The summed E-state index contributed by atoms with van der Waals surface area (Å²) in [6, 6.07) is 3.67. The molecule has 3 aliphatic rings. The van der Waals surface area contributed by atoms with Crippen LogP contribution in [0.3, 0.4) is 0 Å². The molecule has 1 aliphatic heterocycles. The van der Waals surface area contributed by atoms with E-state index in [1.54, 1.807) is 6.92 Å². The standard InChI is InChI=1S/C27H29NO10/c1-10-22(31)14(28)6-16(38-10)12-7-27(36,17(30)9-29)8-13-18(12)25(34)21-20(24(13)33)23(32)11-4-3-5-15(37-2)19(11)26(21)35/h3-5,10,12,14,16,22,29,31,33-34,36H,6-9,28H2,1-2H3/t10-,12+,14-,16-,22-,27+/m0/s1. The van der Waals surface area contributed by atoms with Crippen LogP contribution in [0.2, 0.25) is 0 Å². The third-order valence-corrected chi connectivity index (χ3v) is 8.08. The van der Waals surface area contributed by atoms with E-state index < -0.39 is 88.9 Å². The zero-order chi connectivity index (χ0) is 27.7. The van der Waals surface area contributed by atoms with Gasteiger partial charge in [0.1, 0.15) is 29.5 Å². The first kappa shape index (κ1) is 26.3. The number of fused-ring (bicyclic) bond motifs is 3. The van der Waals surface area contributed by atoms with Gasteiger partial charge in [-0.05, 0) is 25.8 Å². The van der Waals surface area contributed by atoms with Gasteiger partial charge in [-0.25, -0.2) is 0 Å². The summed E-state index contributed by atoms with van der Waals surface area (Å²) in [6.45, 7) is 0.613. The lowest BCUT2D eigenvalue weighted by Crippen LogP contribution is -2.55. The Bertz CT molecular complexity index is 1360. The monoisotopic (exact) mass is 527 g/mol. The van der Waals surface area contributed by atoms with Crippen LogP contribution in [0.15, 0.2) is 18.2 Å². The Hall–Kier alpha value is -3.35. The molecule has 11 nitrogen and oxygen atoms in total. The van der Waals surface area contributed by atoms with E-state index in [0.29, 0.717) is 0 Å². The number of hydrogen-bond acceptors (Lipinski definition) is 11. The van der Waals surface area contributed by atoms with Crippen LogP contribution >= 0.6 is 0 Å². The average molecular weight is 528 g/mol. The Morgan fingerprint density at radius 2 is 1.84 bits per heavy atom. The van der Waals surface area contributed by atoms with Crippen LogP contribution in [-0.2, 0) is 16.0 Å². The van der Waals surface area contributed by atoms with Crippen LogP contribution in [0.1, 0.15) is 68.7 Å². The van der Waals surface area contributed by atoms with Crippen LogP contribution in [0.25, 0.3) is 0 Å². The van der Waals surface area contributed by atoms with E-state index in [9.17, 15) is 39.9 Å². The van der Waals surface area contributed by atoms with Crippen LogP contribution in [0.4, 0.5) is 0 Å². The van der Waals surface area contributed by atoms with Crippen molar-refractivity contribution in [2.24, 2.45) is 5.73 Å². The molecule has 0 aromatic heterocycles. The van der Waals surface area contributed by atoms with Crippen LogP contribution in [0, 0.1) is 0 Å². The zero-order valence-electron chi connectivity index (χ0n) is 20.8. The van der Waals surface area contributed by atoms with Gasteiger partial charge in [0, 0.05) is 35.1 Å². The lowest BCUT2D eigenvalue weighted by molar-refractivity contribution is -0.150. The molecule has 6 atom stereocenters. The van der Waals surface area contributed by atoms with Gasteiger partial charge < -0.3 is 40.7 Å². The molecule has 38 heavy (non-hydrogen) atoms. The summed E-state index contributed by atoms with van der Waals surface area (Å²) in [7, 11) is 1.33. The van der Waals surface area contributed by atoms with E-state index in [1.807, 2.05) is 0 Å². The average Bonchev–Trinajstić information content (AvgIpc) is 2.90. The molecule has 5 rings (SSSR count). The maximum atomic E-state index is 13.7. The highest BCUT2D eigenvalue weighted by molar-refractivity contribution is 6.31. The smallest absolute Gasteiger partial charge is 0.202 e. The molecule has 0 unspecified atom stereocenters. The van der Waals surface area contributed by atoms with E-state index in [1.165, 1.54) is 25.3 Å². The largest absolute Gasteiger partial charge is 0.507 e. The van der Waals surface area contributed by atoms with E-state index >= 15 is 0 Å².